The molecule has 1 unspecified atom stereocenters. The quantitative estimate of drug-likeness (QED) is 0.203. The maximum atomic E-state index is 6.11. The normalized spacial score (nSPS) is 16.0. The fourth-order valence-corrected chi connectivity index (χ4v) is 7.20. The Morgan fingerprint density at radius 1 is 0.600 bits per heavy atom. The molecule has 0 radical (unpaired) electrons. The summed E-state index contributed by atoms with van der Waals surface area (Å²) in [6, 6.07) is 30.1. The second-order valence-electron chi connectivity index (χ2n) is 17.9. The zero-order chi connectivity index (χ0) is 36.2. The number of benzene rings is 4. The van der Waals surface area contributed by atoms with Gasteiger partial charge in [-0.05, 0) is 104 Å². The number of fused-ring (bicyclic) bond motifs is 1. The van der Waals surface area contributed by atoms with E-state index in [1.807, 2.05) is 24.3 Å². The first-order valence-electron chi connectivity index (χ1n) is 18.0. The van der Waals surface area contributed by atoms with Gasteiger partial charge < -0.3 is 4.42 Å². The number of hydrogen-bond donors (Lipinski definition) is 1. The number of hydrazine groups is 1. The van der Waals surface area contributed by atoms with E-state index in [4.69, 9.17) is 9.40 Å². The standard InChI is InChI=1S/C46H55N3O/c1-43(2,3)34-17-15-18-35(44(4,5)6)33(34)28-25-31-29-39(41-36(45(7,8)9)19-16-20-37(41)46(10,11)12)49(48-31)32-26-23-30(24-27-32)42-47-38-21-13-14-22-40(38)50-42/h13-29,39,48H,1-12H3. The second-order valence-corrected chi connectivity index (χ2v) is 17.9. The van der Waals surface area contributed by atoms with E-state index in [0.717, 1.165) is 28.0 Å². The summed E-state index contributed by atoms with van der Waals surface area (Å²) in [4.78, 5) is 4.75. The van der Waals surface area contributed by atoms with Gasteiger partial charge in [-0.15, -0.1) is 0 Å². The van der Waals surface area contributed by atoms with E-state index in [1.54, 1.807) is 0 Å². The molecule has 1 N–H and O–H groups in total. The van der Waals surface area contributed by atoms with Crippen LogP contribution in [0.1, 0.15) is 123 Å². The van der Waals surface area contributed by atoms with Crippen LogP contribution in [0.4, 0.5) is 5.69 Å². The molecule has 4 heteroatoms. The highest BCUT2D eigenvalue weighted by atomic mass is 16.3. The number of hydrogen-bond acceptors (Lipinski definition) is 4. The van der Waals surface area contributed by atoms with Crippen molar-refractivity contribution in [3.63, 3.8) is 0 Å². The molecule has 1 aromatic heterocycles. The number of rotatable bonds is 5. The van der Waals surface area contributed by atoms with Crippen LogP contribution in [0, 0.1) is 0 Å². The van der Waals surface area contributed by atoms with Crippen molar-refractivity contribution >= 4 is 22.9 Å². The van der Waals surface area contributed by atoms with Crippen molar-refractivity contribution in [3.8, 4) is 11.5 Å². The van der Waals surface area contributed by atoms with Gasteiger partial charge in [-0.2, -0.15) is 0 Å². The van der Waals surface area contributed by atoms with E-state index in [9.17, 15) is 0 Å². The van der Waals surface area contributed by atoms with Crippen molar-refractivity contribution < 1.29 is 4.42 Å². The van der Waals surface area contributed by atoms with Gasteiger partial charge in [-0.3, -0.25) is 10.4 Å². The van der Waals surface area contributed by atoms with Crippen LogP contribution in [0.25, 0.3) is 28.6 Å². The second kappa shape index (κ2) is 12.6. The molecule has 50 heavy (non-hydrogen) atoms. The molecule has 0 aliphatic carbocycles. The summed E-state index contributed by atoms with van der Waals surface area (Å²) < 4.78 is 6.11. The highest BCUT2D eigenvalue weighted by Crippen LogP contribution is 2.44. The van der Waals surface area contributed by atoms with Gasteiger partial charge in [0.2, 0.25) is 5.89 Å². The first kappa shape index (κ1) is 35.3. The van der Waals surface area contributed by atoms with E-state index in [-0.39, 0.29) is 27.7 Å². The number of oxazole rings is 1. The number of nitrogens with one attached hydrogen (secondary N) is 1. The van der Waals surface area contributed by atoms with Crippen molar-refractivity contribution in [1.82, 2.24) is 10.4 Å². The Morgan fingerprint density at radius 3 is 1.64 bits per heavy atom. The molecule has 1 atom stereocenters. The fraction of sp³-hybridized carbons (Fsp3) is 0.370. The third-order valence-corrected chi connectivity index (χ3v) is 9.72. The molecular formula is C46H55N3O. The van der Waals surface area contributed by atoms with Gasteiger partial charge in [0.25, 0.3) is 0 Å². The number of para-hydroxylation sites is 2. The smallest absolute Gasteiger partial charge is 0.227 e. The molecule has 4 nitrogen and oxygen atoms in total. The summed E-state index contributed by atoms with van der Waals surface area (Å²) >= 11 is 0. The third kappa shape index (κ3) is 7.03. The zero-order valence-electron chi connectivity index (χ0n) is 32.2. The third-order valence-electron chi connectivity index (χ3n) is 9.72. The summed E-state index contributed by atoms with van der Waals surface area (Å²) in [7, 11) is 0. The maximum absolute atomic E-state index is 6.11. The Balaban J connectivity index is 1.48. The minimum atomic E-state index is -0.0429. The summed E-state index contributed by atoms with van der Waals surface area (Å²) in [6.45, 7) is 27.8. The topological polar surface area (TPSA) is 41.3 Å². The van der Waals surface area contributed by atoms with Crippen LogP contribution in [-0.2, 0) is 21.7 Å². The van der Waals surface area contributed by atoms with Crippen molar-refractivity contribution in [2.45, 2.75) is 111 Å². The van der Waals surface area contributed by atoms with Gasteiger partial charge in [0, 0.05) is 5.56 Å². The molecule has 5 aromatic rings. The van der Waals surface area contributed by atoms with Crippen molar-refractivity contribution in [2.24, 2.45) is 0 Å². The average molecular weight is 666 g/mol. The van der Waals surface area contributed by atoms with E-state index < -0.39 is 0 Å². The van der Waals surface area contributed by atoms with Crippen LogP contribution in [0.5, 0.6) is 0 Å². The molecule has 0 fully saturated rings. The molecule has 6 rings (SSSR count). The maximum Gasteiger partial charge on any atom is 0.227 e. The summed E-state index contributed by atoms with van der Waals surface area (Å²) in [5.74, 6) is 0.630. The van der Waals surface area contributed by atoms with E-state index in [2.05, 4.69) is 172 Å². The van der Waals surface area contributed by atoms with E-state index in [0.29, 0.717) is 5.89 Å². The summed E-state index contributed by atoms with van der Waals surface area (Å²) in [6.07, 6.45) is 7.01. The summed E-state index contributed by atoms with van der Waals surface area (Å²) in [5.41, 5.74) is 16.6. The SMILES string of the molecule is CC(C)(C)c1cccc(C(C)(C)C)c1C=CC1=CC(c2c(C(C)(C)C)cccc2C(C)(C)C)N(c2ccc(-c3nc4ccccc4o3)cc2)N1. The highest BCUT2D eigenvalue weighted by Gasteiger charge is 2.35. The predicted octanol–water partition coefficient (Wildman–Crippen LogP) is 12.3. The fourth-order valence-electron chi connectivity index (χ4n) is 7.20. The number of aromatic nitrogens is 1. The van der Waals surface area contributed by atoms with Crippen molar-refractivity contribution in [2.75, 3.05) is 5.01 Å². The van der Waals surface area contributed by atoms with Gasteiger partial charge in [0.15, 0.2) is 5.58 Å². The Hall–Kier alpha value is -4.57. The molecule has 1 aliphatic rings. The largest absolute Gasteiger partial charge is 0.436 e. The molecule has 2 heterocycles. The highest BCUT2D eigenvalue weighted by molar-refractivity contribution is 5.76. The van der Waals surface area contributed by atoms with Gasteiger partial charge in [0.1, 0.15) is 5.52 Å². The van der Waals surface area contributed by atoms with E-state index >= 15 is 0 Å². The van der Waals surface area contributed by atoms with Crippen LogP contribution in [0.3, 0.4) is 0 Å². The molecule has 0 bridgehead atoms. The van der Waals surface area contributed by atoms with Crippen LogP contribution in [0.15, 0.2) is 107 Å². The molecule has 4 aromatic carbocycles. The number of anilines is 1. The van der Waals surface area contributed by atoms with Gasteiger partial charge in [-0.1, -0.05) is 138 Å². The Bertz CT molecular complexity index is 1970. The lowest BCUT2D eigenvalue weighted by atomic mass is 9.74. The van der Waals surface area contributed by atoms with Gasteiger partial charge >= 0.3 is 0 Å². The lowest BCUT2D eigenvalue weighted by Crippen LogP contribution is -2.36. The first-order chi connectivity index (χ1) is 23.3. The van der Waals surface area contributed by atoms with Crippen LogP contribution in [0.2, 0.25) is 0 Å². The lowest BCUT2D eigenvalue weighted by molar-refractivity contribution is 0.542. The molecule has 1 aliphatic heterocycles. The predicted molar refractivity (Wildman–Crippen MR) is 213 cm³/mol. The van der Waals surface area contributed by atoms with Crippen molar-refractivity contribution in [3.05, 3.63) is 136 Å². The first-order valence-corrected chi connectivity index (χ1v) is 18.0. The van der Waals surface area contributed by atoms with Crippen LogP contribution in [-0.4, -0.2) is 4.98 Å². The Kier molecular flexibility index (Phi) is 8.91. The molecular weight excluding hydrogens is 611 g/mol. The summed E-state index contributed by atoms with van der Waals surface area (Å²) in [5, 5.41) is 2.33. The van der Waals surface area contributed by atoms with Gasteiger partial charge in [0.05, 0.1) is 17.4 Å². The molecule has 0 saturated heterocycles. The van der Waals surface area contributed by atoms with Gasteiger partial charge in [-0.25, -0.2) is 4.98 Å². The minimum Gasteiger partial charge on any atom is -0.436 e. The molecule has 0 amide bonds. The van der Waals surface area contributed by atoms with Crippen LogP contribution >= 0.6 is 0 Å². The Labute approximate surface area is 300 Å². The van der Waals surface area contributed by atoms with E-state index in [1.165, 1.54) is 33.4 Å². The molecule has 0 spiro atoms. The van der Waals surface area contributed by atoms with Crippen molar-refractivity contribution in [1.29, 1.82) is 0 Å². The molecule has 260 valence electrons. The van der Waals surface area contributed by atoms with Crippen LogP contribution < -0.4 is 10.4 Å². The zero-order valence-corrected chi connectivity index (χ0v) is 32.2. The number of allylic oxidation sites excluding steroid dienone is 1. The Morgan fingerprint density at radius 2 is 1.12 bits per heavy atom. The average Bonchev–Trinajstić information content (AvgIpc) is 3.66. The molecule has 0 saturated carbocycles. The monoisotopic (exact) mass is 665 g/mol. The number of nitrogens with zero attached hydrogens (tertiary/aromatic N) is 2. The minimum absolute atomic E-state index is 0.0106. The lowest BCUT2D eigenvalue weighted by Gasteiger charge is -2.36.